The van der Waals surface area contributed by atoms with Crippen LogP contribution in [0.5, 0.6) is 0 Å². The van der Waals surface area contributed by atoms with Gasteiger partial charge in [-0.2, -0.15) is 0 Å². The Morgan fingerprint density at radius 1 is 1.41 bits per heavy atom. The van der Waals surface area contributed by atoms with Crippen LogP contribution in [0.3, 0.4) is 0 Å². The van der Waals surface area contributed by atoms with Gasteiger partial charge in [-0.25, -0.2) is 0 Å². The zero-order chi connectivity index (χ0) is 12.1. The molecule has 2 heterocycles. The summed E-state index contributed by atoms with van der Waals surface area (Å²) in [5, 5.41) is 2.10. The molecule has 17 heavy (non-hydrogen) atoms. The maximum Gasteiger partial charge on any atom is 0.280 e. The van der Waals surface area contributed by atoms with Crippen LogP contribution in [0.1, 0.15) is 19.8 Å². The molecular formula is C12H23N2O3+. The van der Waals surface area contributed by atoms with Gasteiger partial charge in [0.1, 0.15) is 12.6 Å². The quantitative estimate of drug-likeness (QED) is 0.687. The van der Waals surface area contributed by atoms with Crippen molar-refractivity contribution in [2.24, 2.45) is 0 Å². The van der Waals surface area contributed by atoms with Crippen LogP contribution in [0.15, 0.2) is 0 Å². The summed E-state index contributed by atoms with van der Waals surface area (Å²) in [6.45, 7) is 6.57. The molecule has 0 aromatic carbocycles. The lowest BCUT2D eigenvalue weighted by Gasteiger charge is -2.28. The number of carbonyl (C=O) groups excluding carboxylic acids is 1. The molecule has 0 aromatic heterocycles. The van der Waals surface area contributed by atoms with E-state index in [0.717, 1.165) is 39.1 Å². The number of carbonyl (C=O) groups is 1. The first-order valence-electron chi connectivity index (χ1n) is 6.59. The molecule has 0 unspecified atom stereocenters. The molecule has 2 aliphatic rings. The van der Waals surface area contributed by atoms with Gasteiger partial charge in [-0.3, -0.25) is 4.79 Å². The fourth-order valence-electron chi connectivity index (χ4n) is 2.36. The Hall–Kier alpha value is -0.650. The highest BCUT2D eigenvalue weighted by atomic mass is 16.5. The Labute approximate surface area is 102 Å². The third kappa shape index (κ3) is 3.66. The topological polar surface area (TPSA) is 55.4 Å². The van der Waals surface area contributed by atoms with Gasteiger partial charge >= 0.3 is 0 Å². The van der Waals surface area contributed by atoms with E-state index >= 15 is 0 Å². The Morgan fingerprint density at radius 3 is 2.82 bits per heavy atom. The standard InChI is InChI=1S/C12H22N2O3/c1-10(13-9-11-3-2-6-17-11)12(15)14-4-7-16-8-5-14/h10-11,13H,2-9H2,1H3/p+1/t10-,11+/m1/s1. The fourth-order valence-corrected chi connectivity index (χ4v) is 2.36. The molecule has 0 aliphatic carbocycles. The normalized spacial score (nSPS) is 27.1. The molecular weight excluding hydrogens is 220 g/mol. The van der Waals surface area contributed by atoms with E-state index in [-0.39, 0.29) is 11.9 Å². The maximum absolute atomic E-state index is 12.1. The van der Waals surface area contributed by atoms with Gasteiger partial charge in [0.05, 0.1) is 13.2 Å². The minimum Gasteiger partial charge on any atom is -0.378 e. The third-order valence-corrected chi connectivity index (χ3v) is 3.49. The minimum absolute atomic E-state index is 0.00250. The number of nitrogens with zero attached hydrogens (tertiary/aromatic N) is 1. The molecule has 5 heteroatoms. The van der Waals surface area contributed by atoms with Crippen LogP contribution in [0.2, 0.25) is 0 Å². The Kier molecular flexibility index (Phi) is 4.76. The Balaban J connectivity index is 1.70. The van der Waals surface area contributed by atoms with Gasteiger partial charge in [-0.05, 0) is 19.8 Å². The summed E-state index contributed by atoms with van der Waals surface area (Å²) in [7, 11) is 0. The zero-order valence-electron chi connectivity index (χ0n) is 10.6. The molecule has 0 spiro atoms. The molecule has 0 radical (unpaired) electrons. The predicted molar refractivity (Wildman–Crippen MR) is 62.6 cm³/mol. The maximum atomic E-state index is 12.1. The average Bonchev–Trinajstić information content (AvgIpc) is 2.89. The highest BCUT2D eigenvalue weighted by molar-refractivity contribution is 5.80. The molecule has 2 N–H and O–H groups in total. The van der Waals surface area contributed by atoms with Gasteiger partial charge in [-0.15, -0.1) is 0 Å². The lowest BCUT2D eigenvalue weighted by atomic mass is 10.2. The van der Waals surface area contributed by atoms with Crippen molar-refractivity contribution in [1.82, 2.24) is 4.90 Å². The molecule has 98 valence electrons. The smallest absolute Gasteiger partial charge is 0.280 e. The van der Waals surface area contributed by atoms with E-state index in [1.54, 1.807) is 0 Å². The van der Waals surface area contributed by atoms with Gasteiger partial charge in [0.2, 0.25) is 0 Å². The minimum atomic E-state index is -0.00250. The summed E-state index contributed by atoms with van der Waals surface area (Å²) in [5.74, 6) is 0.228. The van der Waals surface area contributed by atoms with Crippen molar-refractivity contribution in [3.05, 3.63) is 0 Å². The number of amides is 1. The van der Waals surface area contributed by atoms with Gasteiger partial charge in [0.25, 0.3) is 5.91 Å². The SMILES string of the molecule is C[C@@H]([NH2+]C[C@@H]1CCCO1)C(=O)N1CCOCC1. The summed E-state index contributed by atoms with van der Waals surface area (Å²) in [6, 6.07) is -0.00250. The number of morpholine rings is 1. The first-order valence-corrected chi connectivity index (χ1v) is 6.59. The summed E-state index contributed by atoms with van der Waals surface area (Å²) >= 11 is 0. The Morgan fingerprint density at radius 2 is 2.18 bits per heavy atom. The van der Waals surface area contributed by atoms with Crippen molar-refractivity contribution in [2.75, 3.05) is 39.5 Å². The van der Waals surface area contributed by atoms with Crippen LogP contribution >= 0.6 is 0 Å². The molecule has 0 aromatic rings. The summed E-state index contributed by atoms with van der Waals surface area (Å²) in [5.41, 5.74) is 0. The van der Waals surface area contributed by atoms with E-state index in [2.05, 4.69) is 5.32 Å². The van der Waals surface area contributed by atoms with Crippen molar-refractivity contribution in [1.29, 1.82) is 0 Å². The van der Waals surface area contributed by atoms with E-state index < -0.39 is 0 Å². The zero-order valence-corrected chi connectivity index (χ0v) is 10.6. The molecule has 0 saturated carbocycles. The van der Waals surface area contributed by atoms with Gasteiger partial charge < -0.3 is 19.7 Å². The number of hydrogen-bond acceptors (Lipinski definition) is 3. The van der Waals surface area contributed by atoms with Crippen LogP contribution in [-0.2, 0) is 14.3 Å². The van der Waals surface area contributed by atoms with Crippen molar-refractivity contribution >= 4 is 5.91 Å². The lowest BCUT2D eigenvalue weighted by molar-refractivity contribution is -0.679. The highest BCUT2D eigenvalue weighted by Crippen LogP contribution is 2.09. The molecule has 2 saturated heterocycles. The molecule has 0 bridgehead atoms. The number of ether oxygens (including phenoxy) is 2. The van der Waals surface area contributed by atoms with Crippen molar-refractivity contribution in [3.8, 4) is 0 Å². The number of hydrogen-bond donors (Lipinski definition) is 1. The van der Waals surface area contributed by atoms with Crippen LogP contribution in [-0.4, -0.2) is 62.4 Å². The lowest BCUT2D eigenvalue weighted by Crippen LogP contribution is -2.93. The average molecular weight is 243 g/mol. The molecule has 2 fully saturated rings. The van der Waals surface area contributed by atoms with E-state index in [9.17, 15) is 4.79 Å². The molecule has 2 atom stereocenters. The van der Waals surface area contributed by atoms with Crippen molar-refractivity contribution < 1.29 is 19.6 Å². The molecule has 2 rings (SSSR count). The first kappa shape index (κ1) is 12.8. The number of rotatable bonds is 4. The molecule has 1 amide bonds. The third-order valence-electron chi connectivity index (χ3n) is 3.49. The van der Waals surface area contributed by atoms with Crippen LogP contribution in [0.25, 0.3) is 0 Å². The summed E-state index contributed by atoms with van der Waals surface area (Å²) < 4.78 is 10.8. The molecule has 5 nitrogen and oxygen atoms in total. The van der Waals surface area contributed by atoms with Gasteiger partial charge in [-0.1, -0.05) is 0 Å². The first-order chi connectivity index (χ1) is 8.27. The predicted octanol–water partition coefficient (Wildman–Crippen LogP) is -1.02. The largest absolute Gasteiger partial charge is 0.378 e. The van der Waals surface area contributed by atoms with Gasteiger partial charge in [0, 0.05) is 19.7 Å². The van der Waals surface area contributed by atoms with Crippen LogP contribution in [0, 0.1) is 0 Å². The number of nitrogens with two attached hydrogens (primary N) is 1. The van der Waals surface area contributed by atoms with E-state index in [1.165, 1.54) is 0 Å². The summed E-state index contributed by atoms with van der Waals surface area (Å²) in [6.07, 6.45) is 2.63. The highest BCUT2D eigenvalue weighted by Gasteiger charge is 2.26. The van der Waals surface area contributed by atoms with Gasteiger partial charge in [0.15, 0.2) is 6.04 Å². The Bertz CT molecular complexity index is 248. The van der Waals surface area contributed by atoms with Crippen molar-refractivity contribution in [2.45, 2.75) is 31.9 Å². The molecule has 2 aliphatic heterocycles. The summed E-state index contributed by atoms with van der Waals surface area (Å²) in [4.78, 5) is 14.0. The van der Waals surface area contributed by atoms with Crippen LogP contribution in [0.4, 0.5) is 0 Å². The second-order valence-corrected chi connectivity index (χ2v) is 4.83. The monoisotopic (exact) mass is 243 g/mol. The number of quaternary nitrogens is 1. The van der Waals surface area contributed by atoms with E-state index in [4.69, 9.17) is 9.47 Å². The van der Waals surface area contributed by atoms with Crippen LogP contribution < -0.4 is 5.32 Å². The fraction of sp³-hybridized carbons (Fsp3) is 0.917. The second kappa shape index (κ2) is 6.33. The van der Waals surface area contributed by atoms with Crippen molar-refractivity contribution in [3.63, 3.8) is 0 Å². The van der Waals surface area contributed by atoms with E-state index in [1.807, 2.05) is 11.8 Å². The second-order valence-electron chi connectivity index (χ2n) is 4.83. The van der Waals surface area contributed by atoms with E-state index in [0.29, 0.717) is 19.3 Å².